The van der Waals surface area contributed by atoms with Crippen molar-refractivity contribution >= 4 is 11.5 Å². The first kappa shape index (κ1) is 13.3. The van der Waals surface area contributed by atoms with Crippen molar-refractivity contribution in [3.63, 3.8) is 0 Å². The third-order valence-corrected chi connectivity index (χ3v) is 3.00. The lowest BCUT2D eigenvalue weighted by Gasteiger charge is -2.23. The van der Waals surface area contributed by atoms with Gasteiger partial charge in [-0.1, -0.05) is 49.4 Å². The van der Waals surface area contributed by atoms with Crippen molar-refractivity contribution in [1.29, 1.82) is 5.41 Å². The summed E-state index contributed by atoms with van der Waals surface area (Å²) in [6.45, 7) is 2.11. The highest BCUT2D eigenvalue weighted by Gasteiger charge is 2.12. The Bertz CT molecular complexity index is 534. The summed E-state index contributed by atoms with van der Waals surface area (Å²) in [5.41, 5.74) is 5.45. The van der Waals surface area contributed by atoms with Crippen LogP contribution in [0.1, 0.15) is 18.1 Å². The van der Waals surface area contributed by atoms with Crippen LogP contribution in [0.5, 0.6) is 0 Å². The summed E-state index contributed by atoms with van der Waals surface area (Å²) in [6.07, 6.45) is 0.991. The molecule has 0 atom stereocenters. The second-order valence-corrected chi connectivity index (χ2v) is 4.20. The number of nitrogens with one attached hydrogen (secondary N) is 2. The molecule has 4 heteroatoms. The van der Waals surface area contributed by atoms with Gasteiger partial charge in [0.05, 0.1) is 5.69 Å². The van der Waals surface area contributed by atoms with Gasteiger partial charge in [0.1, 0.15) is 5.84 Å². The van der Waals surface area contributed by atoms with E-state index < -0.39 is 0 Å². The minimum atomic E-state index is 0.316. The minimum absolute atomic E-state index is 0.316. The predicted molar refractivity (Wildman–Crippen MR) is 78.9 cm³/mol. The number of anilines is 1. The molecule has 0 bridgehead atoms. The number of benzene rings is 2. The van der Waals surface area contributed by atoms with Crippen LogP contribution in [-0.4, -0.2) is 5.84 Å². The number of aryl methyl sites for hydroxylation is 1. The zero-order valence-electron chi connectivity index (χ0n) is 10.9. The number of rotatable bonds is 4. The molecular weight excluding hydrogens is 236 g/mol. The van der Waals surface area contributed by atoms with Crippen LogP contribution in [0.4, 0.5) is 5.69 Å². The fourth-order valence-electron chi connectivity index (χ4n) is 1.87. The molecular formula is C15H18N4. The zero-order valence-corrected chi connectivity index (χ0v) is 10.9. The van der Waals surface area contributed by atoms with Gasteiger partial charge in [-0.3, -0.25) is 11.3 Å². The summed E-state index contributed by atoms with van der Waals surface area (Å²) in [4.78, 5) is 0. The van der Waals surface area contributed by atoms with E-state index in [-0.39, 0.29) is 0 Å². The largest absolute Gasteiger partial charge is 0.283 e. The molecule has 2 aromatic rings. The predicted octanol–water partition coefficient (Wildman–Crippen LogP) is 2.46. The standard InChI is InChI=1S/C15H18N4/c1-2-12-8-10-13(11-9-12)15(16)19(18-17)14-6-4-3-5-7-14/h3-11,16,18H,2,17H2,1H3. The van der Waals surface area contributed by atoms with Crippen molar-refractivity contribution in [2.45, 2.75) is 13.3 Å². The summed E-state index contributed by atoms with van der Waals surface area (Å²) in [5, 5.41) is 9.78. The molecule has 2 aromatic carbocycles. The molecule has 0 aliphatic carbocycles. The van der Waals surface area contributed by atoms with Crippen molar-refractivity contribution in [2.24, 2.45) is 5.84 Å². The van der Waals surface area contributed by atoms with Crippen LogP contribution < -0.4 is 16.4 Å². The van der Waals surface area contributed by atoms with Crippen LogP contribution in [0.2, 0.25) is 0 Å². The van der Waals surface area contributed by atoms with E-state index in [0.29, 0.717) is 5.84 Å². The second-order valence-electron chi connectivity index (χ2n) is 4.20. The number of nitrogens with zero attached hydrogens (tertiary/aromatic N) is 1. The normalized spacial score (nSPS) is 10.2. The van der Waals surface area contributed by atoms with E-state index in [0.717, 1.165) is 17.7 Å². The van der Waals surface area contributed by atoms with Gasteiger partial charge in [0.25, 0.3) is 0 Å². The highest BCUT2D eigenvalue weighted by molar-refractivity contribution is 6.07. The second kappa shape index (κ2) is 6.13. The average Bonchev–Trinajstić information content (AvgIpc) is 2.49. The molecule has 0 fully saturated rings. The lowest BCUT2D eigenvalue weighted by molar-refractivity contribution is 0.773. The van der Waals surface area contributed by atoms with Crippen LogP contribution >= 0.6 is 0 Å². The number of hydrogen-bond acceptors (Lipinski definition) is 3. The molecule has 0 heterocycles. The van der Waals surface area contributed by atoms with Gasteiger partial charge < -0.3 is 0 Å². The van der Waals surface area contributed by atoms with Crippen LogP contribution in [0.25, 0.3) is 0 Å². The summed E-state index contributed by atoms with van der Waals surface area (Å²) in [6, 6.07) is 17.5. The average molecular weight is 254 g/mol. The van der Waals surface area contributed by atoms with Gasteiger partial charge in [0.15, 0.2) is 0 Å². The van der Waals surface area contributed by atoms with Crippen molar-refractivity contribution in [1.82, 2.24) is 5.53 Å². The van der Waals surface area contributed by atoms with Crippen molar-refractivity contribution in [3.8, 4) is 0 Å². The number of para-hydroxylation sites is 1. The first-order chi connectivity index (χ1) is 9.26. The van der Waals surface area contributed by atoms with Crippen LogP contribution in [0.15, 0.2) is 54.6 Å². The summed E-state index contributed by atoms with van der Waals surface area (Å²) in [7, 11) is 0. The van der Waals surface area contributed by atoms with Crippen LogP contribution in [0, 0.1) is 5.41 Å². The highest BCUT2D eigenvalue weighted by Crippen LogP contribution is 2.14. The first-order valence-corrected chi connectivity index (χ1v) is 6.25. The lowest BCUT2D eigenvalue weighted by Crippen LogP contribution is -2.47. The van der Waals surface area contributed by atoms with Gasteiger partial charge in [0.2, 0.25) is 0 Å². The molecule has 0 saturated carbocycles. The third-order valence-electron chi connectivity index (χ3n) is 3.00. The quantitative estimate of drug-likeness (QED) is 0.340. The smallest absolute Gasteiger partial charge is 0.148 e. The fraction of sp³-hybridized carbons (Fsp3) is 0.133. The Kier molecular flexibility index (Phi) is 4.28. The number of hydrazine groups is 2. The monoisotopic (exact) mass is 254 g/mol. The molecule has 0 amide bonds. The molecule has 0 radical (unpaired) electrons. The molecule has 19 heavy (non-hydrogen) atoms. The van der Waals surface area contributed by atoms with E-state index >= 15 is 0 Å². The molecule has 0 saturated heterocycles. The molecule has 4 N–H and O–H groups in total. The molecule has 4 nitrogen and oxygen atoms in total. The van der Waals surface area contributed by atoms with E-state index in [9.17, 15) is 0 Å². The Hall–Kier alpha value is -2.17. The molecule has 0 aromatic heterocycles. The molecule has 2 rings (SSSR count). The molecule has 0 unspecified atom stereocenters. The maximum absolute atomic E-state index is 8.24. The van der Waals surface area contributed by atoms with E-state index in [4.69, 9.17) is 11.3 Å². The van der Waals surface area contributed by atoms with E-state index in [1.807, 2.05) is 54.6 Å². The fourth-order valence-corrected chi connectivity index (χ4v) is 1.87. The Morgan fingerprint density at radius 1 is 1.11 bits per heavy atom. The molecule has 0 aliphatic heterocycles. The third kappa shape index (κ3) is 2.99. The van der Waals surface area contributed by atoms with Crippen LogP contribution in [-0.2, 0) is 6.42 Å². The van der Waals surface area contributed by atoms with Crippen molar-refractivity contribution in [3.05, 3.63) is 65.7 Å². The Morgan fingerprint density at radius 3 is 2.26 bits per heavy atom. The lowest BCUT2D eigenvalue weighted by atomic mass is 10.1. The number of nitrogens with two attached hydrogens (primary N) is 1. The maximum Gasteiger partial charge on any atom is 0.148 e. The van der Waals surface area contributed by atoms with Gasteiger partial charge in [-0.15, -0.1) is 0 Å². The van der Waals surface area contributed by atoms with Crippen LogP contribution in [0.3, 0.4) is 0 Å². The first-order valence-electron chi connectivity index (χ1n) is 6.25. The maximum atomic E-state index is 8.24. The highest BCUT2D eigenvalue weighted by atomic mass is 15.6. The summed E-state index contributed by atoms with van der Waals surface area (Å²) >= 11 is 0. The zero-order chi connectivity index (χ0) is 13.7. The van der Waals surface area contributed by atoms with Gasteiger partial charge >= 0.3 is 0 Å². The molecule has 0 aliphatic rings. The number of amidine groups is 1. The van der Waals surface area contributed by atoms with Gasteiger partial charge in [-0.05, 0) is 24.1 Å². The van der Waals surface area contributed by atoms with E-state index in [2.05, 4.69) is 12.5 Å². The number of hydrogen-bond donors (Lipinski definition) is 3. The van der Waals surface area contributed by atoms with Gasteiger partial charge in [-0.2, -0.15) is 5.53 Å². The van der Waals surface area contributed by atoms with Crippen molar-refractivity contribution < 1.29 is 0 Å². The van der Waals surface area contributed by atoms with Crippen molar-refractivity contribution in [2.75, 3.05) is 5.01 Å². The van der Waals surface area contributed by atoms with Gasteiger partial charge in [0, 0.05) is 5.56 Å². The van der Waals surface area contributed by atoms with E-state index in [1.54, 1.807) is 5.01 Å². The Morgan fingerprint density at radius 2 is 1.74 bits per heavy atom. The Balaban J connectivity index is 2.25. The molecule has 98 valence electrons. The summed E-state index contributed by atoms with van der Waals surface area (Å²) in [5.74, 6) is 5.85. The Labute approximate surface area is 113 Å². The SMILES string of the molecule is CCc1ccc(C(=N)N(NN)c2ccccc2)cc1. The summed E-state index contributed by atoms with van der Waals surface area (Å²) < 4.78 is 0. The van der Waals surface area contributed by atoms with Gasteiger partial charge in [-0.25, -0.2) is 5.01 Å². The minimum Gasteiger partial charge on any atom is -0.283 e. The van der Waals surface area contributed by atoms with E-state index in [1.165, 1.54) is 5.56 Å². The topological polar surface area (TPSA) is 65.1 Å². The molecule has 0 spiro atoms.